The Morgan fingerprint density at radius 2 is 0.786 bits per heavy atom. The van der Waals surface area contributed by atoms with Crippen molar-refractivity contribution in [3.63, 3.8) is 0 Å². The van der Waals surface area contributed by atoms with E-state index in [1.54, 1.807) is 0 Å². The molecule has 2 heterocycles. The number of fused-ring (bicyclic) bond motifs is 9. The van der Waals surface area contributed by atoms with Crippen LogP contribution in [0, 0.1) is 0 Å². The zero-order chi connectivity index (χ0) is 36.7. The van der Waals surface area contributed by atoms with Crippen LogP contribution >= 0.6 is 0 Å². The van der Waals surface area contributed by atoms with Crippen LogP contribution < -0.4 is 0 Å². The highest BCUT2D eigenvalue weighted by atomic mass is 16.3. The number of hydrogen-bond acceptors (Lipinski definition) is 2. The molecule has 0 bridgehead atoms. The lowest BCUT2D eigenvalue weighted by Gasteiger charge is -2.18. The lowest BCUT2D eigenvalue weighted by atomic mass is 9.84. The third-order valence-corrected chi connectivity index (χ3v) is 11.6. The Morgan fingerprint density at radius 1 is 0.250 bits per heavy atom. The molecule has 56 heavy (non-hydrogen) atoms. The van der Waals surface area contributed by atoms with Crippen LogP contribution in [0.15, 0.2) is 203 Å². The molecule has 2 nitrogen and oxygen atoms in total. The van der Waals surface area contributed by atoms with Crippen molar-refractivity contribution in [2.75, 3.05) is 0 Å². The van der Waals surface area contributed by atoms with E-state index in [1.807, 2.05) is 0 Å². The summed E-state index contributed by atoms with van der Waals surface area (Å²) in [5.74, 6) is 0.865. The van der Waals surface area contributed by atoms with Gasteiger partial charge < -0.3 is 8.83 Å². The molecule has 0 saturated heterocycles. The first-order valence-electron chi connectivity index (χ1n) is 19.2. The molecule has 0 amide bonds. The molecule has 0 aliphatic carbocycles. The minimum Gasteiger partial charge on any atom is -0.456 e. The molecule has 260 valence electrons. The largest absolute Gasteiger partial charge is 0.456 e. The summed E-state index contributed by atoms with van der Waals surface area (Å²) in [6.45, 7) is 0. The Morgan fingerprint density at radius 3 is 1.54 bits per heavy atom. The van der Waals surface area contributed by atoms with Crippen LogP contribution in [0.3, 0.4) is 0 Å². The molecular weight excluding hydrogens is 681 g/mol. The summed E-state index contributed by atoms with van der Waals surface area (Å²) < 4.78 is 13.7. The Labute approximate surface area is 322 Å². The van der Waals surface area contributed by atoms with E-state index < -0.39 is 0 Å². The van der Waals surface area contributed by atoms with Crippen molar-refractivity contribution in [3.8, 4) is 44.7 Å². The van der Waals surface area contributed by atoms with Gasteiger partial charge in [0.25, 0.3) is 0 Å². The highest BCUT2D eigenvalue weighted by Gasteiger charge is 2.23. The Balaban J connectivity index is 1.18. The average molecular weight is 713 g/mol. The maximum atomic E-state index is 7.06. The van der Waals surface area contributed by atoms with Gasteiger partial charge in [0.2, 0.25) is 0 Å². The first-order chi connectivity index (χ1) is 27.8. The monoisotopic (exact) mass is 712 g/mol. The minimum absolute atomic E-state index is 0.865. The second-order valence-electron chi connectivity index (χ2n) is 14.8. The standard InChI is InChI=1S/C54H32O2/c1-3-14-34(15-4-1)50-42-21-11-12-22-43(42)51(38-24-26-41-46-29-36-18-7-8-19-37(36)31-49(46)55-48(41)32-38)47-30-39(25-27-44(47)50)53-52(35-16-5-2-6-17-35)45-28-23-33-13-9-10-20-40(33)54(45)56-53/h1-32H. The third kappa shape index (κ3) is 4.63. The second-order valence-corrected chi connectivity index (χ2v) is 14.8. The van der Waals surface area contributed by atoms with Crippen molar-refractivity contribution in [1.29, 1.82) is 0 Å². The summed E-state index contributed by atoms with van der Waals surface area (Å²) in [4.78, 5) is 0. The van der Waals surface area contributed by atoms with Gasteiger partial charge in [-0.05, 0) is 102 Å². The highest BCUT2D eigenvalue weighted by molar-refractivity contribution is 6.23. The van der Waals surface area contributed by atoms with E-state index in [0.29, 0.717) is 0 Å². The van der Waals surface area contributed by atoms with Gasteiger partial charge in [-0.25, -0.2) is 0 Å². The molecule has 10 aromatic carbocycles. The molecule has 2 aromatic heterocycles. The zero-order valence-electron chi connectivity index (χ0n) is 30.3. The van der Waals surface area contributed by atoms with Gasteiger partial charge in [0, 0.05) is 32.7 Å². The van der Waals surface area contributed by atoms with Crippen molar-refractivity contribution in [1.82, 2.24) is 0 Å². The molecule has 2 heteroatoms. The molecular formula is C54H32O2. The summed E-state index contributed by atoms with van der Waals surface area (Å²) >= 11 is 0. The van der Waals surface area contributed by atoms with Crippen molar-refractivity contribution >= 4 is 76.0 Å². The van der Waals surface area contributed by atoms with Crippen LogP contribution in [0.2, 0.25) is 0 Å². The summed E-state index contributed by atoms with van der Waals surface area (Å²) in [5.41, 5.74) is 10.6. The molecule has 0 atom stereocenters. The van der Waals surface area contributed by atoms with Crippen molar-refractivity contribution in [3.05, 3.63) is 194 Å². The summed E-state index contributed by atoms with van der Waals surface area (Å²) in [7, 11) is 0. The number of hydrogen-bond donors (Lipinski definition) is 0. The maximum Gasteiger partial charge on any atom is 0.143 e. The predicted molar refractivity (Wildman–Crippen MR) is 235 cm³/mol. The molecule has 0 saturated carbocycles. The van der Waals surface area contributed by atoms with Gasteiger partial charge >= 0.3 is 0 Å². The van der Waals surface area contributed by atoms with Crippen LogP contribution in [0.25, 0.3) is 121 Å². The highest BCUT2D eigenvalue weighted by Crippen LogP contribution is 2.48. The molecule has 0 unspecified atom stereocenters. The van der Waals surface area contributed by atoms with E-state index in [4.69, 9.17) is 8.83 Å². The van der Waals surface area contributed by atoms with Crippen LogP contribution in [-0.2, 0) is 0 Å². The topological polar surface area (TPSA) is 26.3 Å². The normalized spacial score (nSPS) is 11.9. The van der Waals surface area contributed by atoms with Crippen molar-refractivity contribution < 1.29 is 8.83 Å². The molecule has 0 radical (unpaired) electrons. The SMILES string of the molecule is c1ccc(-c2c3ccccc3c(-c3ccc4c(c3)oc3cc5ccccc5cc34)c3cc(-c4oc5c(ccc6ccccc65)c4-c4ccccc4)ccc23)cc1. The fraction of sp³-hybridized carbons (Fsp3) is 0. The number of furan rings is 2. The second kappa shape index (κ2) is 12.0. The molecule has 12 aromatic rings. The molecule has 0 aliphatic heterocycles. The van der Waals surface area contributed by atoms with Crippen molar-refractivity contribution in [2.45, 2.75) is 0 Å². The average Bonchev–Trinajstić information content (AvgIpc) is 3.83. The van der Waals surface area contributed by atoms with E-state index in [9.17, 15) is 0 Å². The fourth-order valence-corrected chi connectivity index (χ4v) is 9.08. The molecule has 0 aliphatic rings. The molecule has 12 rings (SSSR count). The predicted octanol–water partition coefficient (Wildman–Crippen LogP) is 15.6. The molecule has 0 fully saturated rings. The van der Waals surface area contributed by atoms with Crippen LogP contribution in [-0.4, -0.2) is 0 Å². The van der Waals surface area contributed by atoms with Gasteiger partial charge in [0.05, 0.1) is 0 Å². The van der Waals surface area contributed by atoms with Gasteiger partial charge in [-0.2, -0.15) is 0 Å². The Kier molecular flexibility index (Phi) is 6.66. The Hall–Kier alpha value is -7.42. The van der Waals surface area contributed by atoms with Gasteiger partial charge in [-0.3, -0.25) is 0 Å². The van der Waals surface area contributed by atoms with Gasteiger partial charge in [-0.15, -0.1) is 0 Å². The van der Waals surface area contributed by atoms with Crippen LogP contribution in [0.4, 0.5) is 0 Å². The number of benzene rings is 10. The van der Waals surface area contributed by atoms with Crippen molar-refractivity contribution in [2.24, 2.45) is 0 Å². The zero-order valence-corrected chi connectivity index (χ0v) is 30.3. The first-order valence-corrected chi connectivity index (χ1v) is 19.2. The minimum atomic E-state index is 0.865. The van der Waals surface area contributed by atoms with Gasteiger partial charge in [0.15, 0.2) is 0 Å². The summed E-state index contributed by atoms with van der Waals surface area (Å²) in [6, 6.07) is 69.7. The van der Waals surface area contributed by atoms with E-state index in [1.165, 1.54) is 43.6 Å². The van der Waals surface area contributed by atoms with E-state index in [0.717, 1.165) is 77.1 Å². The summed E-state index contributed by atoms with van der Waals surface area (Å²) in [5, 5.41) is 12.8. The first kappa shape index (κ1) is 31.0. The Bertz CT molecular complexity index is 3510. The fourth-order valence-electron chi connectivity index (χ4n) is 9.08. The lowest BCUT2D eigenvalue weighted by Crippen LogP contribution is -1.92. The molecule has 0 N–H and O–H groups in total. The van der Waals surface area contributed by atoms with E-state index in [2.05, 4.69) is 194 Å². The van der Waals surface area contributed by atoms with E-state index in [-0.39, 0.29) is 0 Å². The lowest BCUT2D eigenvalue weighted by molar-refractivity contribution is 0.636. The van der Waals surface area contributed by atoms with Crippen LogP contribution in [0.5, 0.6) is 0 Å². The summed E-state index contributed by atoms with van der Waals surface area (Å²) in [6.07, 6.45) is 0. The molecule has 0 spiro atoms. The van der Waals surface area contributed by atoms with Gasteiger partial charge in [0.1, 0.15) is 22.5 Å². The smallest absolute Gasteiger partial charge is 0.143 e. The number of rotatable bonds is 4. The van der Waals surface area contributed by atoms with Crippen LogP contribution in [0.1, 0.15) is 0 Å². The van der Waals surface area contributed by atoms with Gasteiger partial charge in [-0.1, -0.05) is 158 Å². The quantitative estimate of drug-likeness (QED) is 0.170. The third-order valence-electron chi connectivity index (χ3n) is 11.6. The maximum absolute atomic E-state index is 7.06. The van der Waals surface area contributed by atoms with E-state index >= 15 is 0 Å².